The molecule has 4 nitrogen and oxygen atoms in total. The quantitative estimate of drug-likeness (QED) is 0.393. The van der Waals surface area contributed by atoms with Crippen molar-refractivity contribution in [1.29, 1.82) is 0 Å². The lowest BCUT2D eigenvalue weighted by atomic mass is 9.89. The second-order valence-electron chi connectivity index (χ2n) is 5.50. The molecule has 0 aliphatic carbocycles. The number of nitrogens with zero attached hydrogens (tertiary/aromatic N) is 2. The number of halogens is 1. The molecular weight excluding hydrogens is 298 g/mol. The average molecular weight is 324 g/mol. The lowest BCUT2D eigenvalue weighted by Crippen LogP contribution is -2.40. The highest BCUT2D eigenvalue weighted by Gasteiger charge is 2.28. The summed E-state index contributed by atoms with van der Waals surface area (Å²) in [5, 5.41) is 17.3. The van der Waals surface area contributed by atoms with Gasteiger partial charge in [-0.2, -0.15) is 5.10 Å². The molecule has 5 heteroatoms. The van der Waals surface area contributed by atoms with E-state index in [1.807, 2.05) is 24.3 Å². The molecule has 1 aromatic rings. The maximum atomic E-state index is 11.0. The van der Waals surface area contributed by atoms with E-state index in [4.69, 9.17) is 17.3 Å². The van der Waals surface area contributed by atoms with E-state index in [-0.39, 0.29) is 0 Å². The highest BCUT2D eigenvalue weighted by Crippen LogP contribution is 2.23. The Labute approximate surface area is 138 Å². The first-order valence-corrected chi connectivity index (χ1v) is 8.01. The van der Waals surface area contributed by atoms with Gasteiger partial charge in [0.05, 0.1) is 12.1 Å². The van der Waals surface area contributed by atoms with E-state index in [0.717, 1.165) is 36.3 Å². The first-order chi connectivity index (χ1) is 10.5. The summed E-state index contributed by atoms with van der Waals surface area (Å²) in [5.74, 6) is 0. The maximum absolute atomic E-state index is 11.0. The fourth-order valence-corrected chi connectivity index (χ4v) is 2.48. The summed E-state index contributed by atoms with van der Waals surface area (Å²) in [6.07, 6.45) is 6.95. The summed E-state index contributed by atoms with van der Waals surface area (Å²) in [5.41, 5.74) is 5.66. The molecule has 1 atom stereocenters. The van der Waals surface area contributed by atoms with Crippen molar-refractivity contribution < 1.29 is 5.11 Å². The number of nitrogens with two attached hydrogens (primary N) is 1. The van der Waals surface area contributed by atoms with Gasteiger partial charge in [0, 0.05) is 11.2 Å². The zero-order valence-electron chi connectivity index (χ0n) is 13.2. The third-order valence-electron chi connectivity index (χ3n) is 3.67. The van der Waals surface area contributed by atoms with E-state index in [2.05, 4.69) is 18.6 Å². The number of hydrazone groups is 1. The number of aliphatic hydroxyl groups is 1. The lowest BCUT2D eigenvalue weighted by molar-refractivity contribution is -0.00148. The minimum atomic E-state index is -0.823. The van der Waals surface area contributed by atoms with Crippen LogP contribution < -0.4 is 5.73 Å². The predicted molar refractivity (Wildman–Crippen MR) is 93.8 cm³/mol. The number of hydrogen-bond acceptors (Lipinski definition) is 3. The molecule has 1 rings (SSSR count). The van der Waals surface area contributed by atoms with Gasteiger partial charge in [0.25, 0.3) is 0 Å². The smallest absolute Gasteiger partial charge is 0.106 e. The van der Waals surface area contributed by atoms with E-state index in [1.54, 1.807) is 11.2 Å². The molecule has 0 bridgehead atoms. The van der Waals surface area contributed by atoms with Crippen LogP contribution in [-0.4, -0.2) is 28.6 Å². The number of benzene rings is 1. The van der Waals surface area contributed by atoms with E-state index in [1.165, 1.54) is 6.34 Å². The van der Waals surface area contributed by atoms with E-state index in [9.17, 15) is 5.11 Å². The minimum absolute atomic E-state index is 0.387. The summed E-state index contributed by atoms with van der Waals surface area (Å²) < 4.78 is 0. The van der Waals surface area contributed by atoms with Crippen LogP contribution >= 0.6 is 11.6 Å². The molecule has 0 aliphatic heterocycles. The van der Waals surface area contributed by atoms with Gasteiger partial charge in [-0.3, -0.25) is 5.01 Å². The van der Waals surface area contributed by atoms with Crippen LogP contribution in [0.25, 0.3) is 0 Å². The van der Waals surface area contributed by atoms with Gasteiger partial charge in [-0.25, -0.2) is 0 Å². The van der Waals surface area contributed by atoms with E-state index in [0.29, 0.717) is 13.0 Å². The summed E-state index contributed by atoms with van der Waals surface area (Å²) in [4.78, 5) is 0. The Kier molecular flexibility index (Phi) is 7.99. The van der Waals surface area contributed by atoms with Crippen molar-refractivity contribution in [1.82, 2.24) is 5.01 Å². The van der Waals surface area contributed by atoms with Gasteiger partial charge in [-0.1, -0.05) is 50.1 Å². The fraction of sp³-hybridized carbons (Fsp3) is 0.471. The molecule has 122 valence electrons. The molecule has 1 aromatic carbocycles. The molecule has 22 heavy (non-hydrogen) atoms. The van der Waals surface area contributed by atoms with Crippen LogP contribution in [0.1, 0.15) is 38.2 Å². The van der Waals surface area contributed by atoms with Crippen LogP contribution in [0, 0.1) is 0 Å². The van der Waals surface area contributed by atoms with Gasteiger partial charge >= 0.3 is 0 Å². The normalized spacial score (nSPS) is 14.0. The lowest BCUT2D eigenvalue weighted by Gasteiger charge is -2.31. The molecule has 0 saturated heterocycles. The van der Waals surface area contributed by atoms with Crippen molar-refractivity contribution >= 4 is 17.9 Å². The number of aryl methyl sites for hydroxylation is 1. The molecule has 0 heterocycles. The Bertz CT molecular complexity index is 475. The highest BCUT2D eigenvalue weighted by molar-refractivity contribution is 6.30. The van der Waals surface area contributed by atoms with Crippen molar-refractivity contribution in [3.05, 3.63) is 47.6 Å². The second kappa shape index (κ2) is 9.49. The van der Waals surface area contributed by atoms with Crippen LogP contribution in [0.3, 0.4) is 0 Å². The van der Waals surface area contributed by atoms with Gasteiger partial charge in [-0.15, -0.1) is 0 Å². The summed E-state index contributed by atoms with van der Waals surface area (Å²) in [7, 11) is 0. The van der Waals surface area contributed by atoms with Crippen molar-refractivity contribution in [3.63, 3.8) is 0 Å². The minimum Gasteiger partial charge on any atom is -0.388 e. The molecule has 3 N–H and O–H groups in total. The molecule has 0 aliphatic rings. The third-order valence-corrected chi connectivity index (χ3v) is 3.92. The molecule has 0 fully saturated rings. The number of hydrogen-bond donors (Lipinski definition) is 2. The highest BCUT2D eigenvalue weighted by atomic mass is 35.5. The van der Waals surface area contributed by atoms with Crippen molar-refractivity contribution in [2.45, 2.75) is 44.6 Å². The van der Waals surface area contributed by atoms with Crippen LogP contribution in [0.2, 0.25) is 5.02 Å². The third kappa shape index (κ3) is 6.50. The van der Waals surface area contributed by atoms with Crippen LogP contribution in [0.5, 0.6) is 0 Å². The van der Waals surface area contributed by atoms with Gasteiger partial charge < -0.3 is 10.8 Å². The Morgan fingerprint density at radius 1 is 1.36 bits per heavy atom. The monoisotopic (exact) mass is 323 g/mol. The molecule has 0 amide bonds. The number of rotatable bonds is 10. The Morgan fingerprint density at radius 2 is 2.05 bits per heavy atom. The Balaban J connectivity index is 2.72. The van der Waals surface area contributed by atoms with Crippen molar-refractivity contribution in [2.75, 3.05) is 6.54 Å². The molecule has 0 radical (unpaired) electrons. The largest absolute Gasteiger partial charge is 0.388 e. The zero-order valence-corrected chi connectivity index (χ0v) is 14.0. The Hall–Kier alpha value is -1.52. The molecule has 0 saturated carbocycles. The van der Waals surface area contributed by atoms with Crippen LogP contribution in [0.15, 0.2) is 42.1 Å². The van der Waals surface area contributed by atoms with E-state index >= 15 is 0 Å². The Morgan fingerprint density at radius 3 is 2.59 bits per heavy atom. The van der Waals surface area contributed by atoms with E-state index < -0.39 is 5.60 Å². The maximum Gasteiger partial charge on any atom is 0.106 e. The molecule has 0 spiro atoms. The van der Waals surface area contributed by atoms with Crippen molar-refractivity contribution in [3.8, 4) is 0 Å². The number of unbranched alkanes of at least 4 members (excludes halogenated alkanes) is 1. The zero-order chi connectivity index (χ0) is 16.4. The molecule has 0 aromatic heterocycles. The fourth-order valence-electron chi connectivity index (χ4n) is 2.36. The second-order valence-corrected chi connectivity index (χ2v) is 5.94. The first kappa shape index (κ1) is 18.5. The van der Waals surface area contributed by atoms with Crippen LogP contribution in [0.4, 0.5) is 0 Å². The van der Waals surface area contributed by atoms with Crippen LogP contribution in [-0.2, 0) is 6.42 Å². The SMILES string of the molecule is C=CN(CC(O)(CCCC)CCc1ccc(Cl)cc1)/N=C\N. The first-order valence-electron chi connectivity index (χ1n) is 7.63. The molecule has 1 unspecified atom stereocenters. The predicted octanol–water partition coefficient (Wildman–Crippen LogP) is 3.54. The summed E-state index contributed by atoms with van der Waals surface area (Å²) in [6.45, 7) is 6.20. The standard InChI is InChI=1S/C17H26ClN3O/c1-3-5-11-17(22,13-21(4-2)20-14-19)12-10-15-6-8-16(18)9-7-15/h4,6-9,14,22H,2-3,5,10-13H2,1H3,(H2,19,20). The average Bonchev–Trinajstić information content (AvgIpc) is 2.52. The topological polar surface area (TPSA) is 61.8 Å². The molecular formula is C17H26ClN3O. The van der Waals surface area contributed by atoms with Gasteiger partial charge in [0.1, 0.15) is 6.34 Å². The van der Waals surface area contributed by atoms with Gasteiger partial charge in [0.2, 0.25) is 0 Å². The summed E-state index contributed by atoms with van der Waals surface area (Å²) >= 11 is 5.90. The van der Waals surface area contributed by atoms with Crippen molar-refractivity contribution in [2.24, 2.45) is 10.8 Å². The van der Waals surface area contributed by atoms with Gasteiger partial charge in [0.15, 0.2) is 0 Å². The summed E-state index contributed by atoms with van der Waals surface area (Å²) in [6, 6.07) is 7.73. The van der Waals surface area contributed by atoms with Gasteiger partial charge in [-0.05, 0) is 37.0 Å².